The molecule has 2 aromatic carbocycles. The number of para-hydroxylation sites is 1. The molecule has 150 valence electrons. The van der Waals surface area contributed by atoms with Crippen molar-refractivity contribution in [3.05, 3.63) is 72.8 Å². The Morgan fingerprint density at radius 2 is 1.93 bits per heavy atom. The highest BCUT2D eigenvalue weighted by molar-refractivity contribution is 5.93. The molecule has 7 nitrogen and oxygen atoms in total. The third-order valence-electron chi connectivity index (χ3n) is 5.41. The van der Waals surface area contributed by atoms with Crippen LogP contribution in [0.15, 0.2) is 71.5 Å². The van der Waals surface area contributed by atoms with Gasteiger partial charge in [0.15, 0.2) is 5.76 Å². The Hall–Kier alpha value is -3.74. The van der Waals surface area contributed by atoms with Gasteiger partial charge >= 0.3 is 0 Å². The first-order valence-electron chi connectivity index (χ1n) is 10.0. The zero-order valence-corrected chi connectivity index (χ0v) is 16.4. The molecule has 1 atom stereocenters. The second-order valence-corrected chi connectivity index (χ2v) is 7.33. The van der Waals surface area contributed by atoms with Crippen LogP contribution in [0.25, 0.3) is 22.2 Å². The molecule has 0 saturated carbocycles. The molecule has 5 rings (SSSR count). The van der Waals surface area contributed by atoms with Crippen molar-refractivity contribution in [1.29, 1.82) is 0 Å². The summed E-state index contributed by atoms with van der Waals surface area (Å²) in [5.74, 6) is 1.40. The second kappa shape index (κ2) is 7.94. The van der Waals surface area contributed by atoms with Crippen LogP contribution in [0.4, 0.5) is 5.82 Å². The summed E-state index contributed by atoms with van der Waals surface area (Å²) in [4.78, 5) is 23.8. The predicted octanol–water partition coefficient (Wildman–Crippen LogP) is 3.57. The molecule has 0 spiro atoms. The fraction of sp³-hybridized carbons (Fsp3) is 0.217. The molecule has 1 fully saturated rings. The summed E-state index contributed by atoms with van der Waals surface area (Å²) in [6.45, 7) is 1.09. The number of hydrogen-bond acceptors (Lipinski definition) is 6. The number of aromatic nitrogens is 3. The molecule has 30 heavy (non-hydrogen) atoms. The van der Waals surface area contributed by atoms with E-state index in [0.717, 1.165) is 47.4 Å². The van der Waals surface area contributed by atoms with Crippen LogP contribution in [0.5, 0.6) is 0 Å². The van der Waals surface area contributed by atoms with Crippen molar-refractivity contribution in [2.45, 2.75) is 25.4 Å². The van der Waals surface area contributed by atoms with Crippen molar-refractivity contribution in [2.24, 2.45) is 0 Å². The molecule has 0 bridgehead atoms. The number of benzene rings is 2. The second-order valence-electron chi connectivity index (χ2n) is 7.33. The standard InChI is InChI=1S/C23H21N5O2/c29-23(24-14-17-13-20(27-30-17)16-7-2-1-3-8-16)21-11-6-12-28(21)22-18-9-4-5-10-19(18)25-15-26-22/h1-5,7-10,13,15,21H,6,11-12,14H2,(H,24,29)/t21-/m1/s1. The molecule has 0 radical (unpaired) electrons. The number of nitrogens with one attached hydrogen (secondary N) is 1. The van der Waals surface area contributed by atoms with Gasteiger partial charge in [-0.1, -0.05) is 47.6 Å². The Labute approximate surface area is 173 Å². The van der Waals surface area contributed by atoms with Crippen LogP contribution in [-0.2, 0) is 11.3 Å². The van der Waals surface area contributed by atoms with Crippen molar-refractivity contribution in [3.8, 4) is 11.3 Å². The lowest BCUT2D eigenvalue weighted by molar-refractivity contribution is -0.122. The first-order chi connectivity index (χ1) is 14.8. The van der Waals surface area contributed by atoms with Gasteiger partial charge in [0.05, 0.1) is 12.1 Å². The number of nitrogens with zero attached hydrogens (tertiary/aromatic N) is 4. The average Bonchev–Trinajstić information content (AvgIpc) is 3.48. The molecule has 7 heteroatoms. The summed E-state index contributed by atoms with van der Waals surface area (Å²) in [6.07, 6.45) is 3.29. The summed E-state index contributed by atoms with van der Waals surface area (Å²) >= 11 is 0. The highest BCUT2D eigenvalue weighted by Gasteiger charge is 2.32. The maximum Gasteiger partial charge on any atom is 0.243 e. The third kappa shape index (κ3) is 3.50. The number of rotatable bonds is 5. The van der Waals surface area contributed by atoms with Gasteiger partial charge in [-0.2, -0.15) is 0 Å². The minimum atomic E-state index is -0.264. The lowest BCUT2D eigenvalue weighted by atomic mass is 10.1. The van der Waals surface area contributed by atoms with E-state index < -0.39 is 0 Å². The number of carbonyl (C=O) groups excluding carboxylic acids is 1. The molecule has 2 aromatic heterocycles. The summed E-state index contributed by atoms with van der Waals surface area (Å²) in [6, 6.07) is 19.3. The normalized spacial score (nSPS) is 16.1. The van der Waals surface area contributed by atoms with E-state index in [1.807, 2.05) is 60.7 Å². The molecule has 0 aliphatic carbocycles. The summed E-state index contributed by atoms with van der Waals surface area (Å²) in [7, 11) is 0. The Balaban J connectivity index is 1.30. The monoisotopic (exact) mass is 399 g/mol. The highest BCUT2D eigenvalue weighted by Crippen LogP contribution is 2.29. The molecular formula is C23H21N5O2. The van der Waals surface area contributed by atoms with Crippen LogP contribution in [0.1, 0.15) is 18.6 Å². The first kappa shape index (κ1) is 18.3. The number of amides is 1. The Morgan fingerprint density at radius 3 is 2.83 bits per heavy atom. The predicted molar refractivity (Wildman–Crippen MR) is 114 cm³/mol. The van der Waals surface area contributed by atoms with E-state index >= 15 is 0 Å². The largest absolute Gasteiger partial charge is 0.359 e. The van der Waals surface area contributed by atoms with Crippen molar-refractivity contribution < 1.29 is 9.32 Å². The Bertz CT molecular complexity index is 1170. The molecule has 1 aliphatic heterocycles. The highest BCUT2D eigenvalue weighted by atomic mass is 16.5. The smallest absolute Gasteiger partial charge is 0.243 e. The van der Waals surface area contributed by atoms with Crippen molar-refractivity contribution in [1.82, 2.24) is 20.4 Å². The minimum Gasteiger partial charge on any atom is -0.359 e. The number of anilines is 1. The lowest BCUT2D eigenvalue weighted by Crippen LogP contribution is -2.43. The van der Waals surface area contributed by atoms with Crippen LogP contribution in [-0.4, -0.2) is 33.6 Å². The topological polar surface area (TPSA) is 84.2 Å². The number of fused-ring (bicyclic) bond motifs is 1. The molecule has 0 unspecified atom stereocenters. The molecule has 1 amide bonds. The molecule has 3 heterocycles. The van der Waals surface area contributed by atoms with Gasteiger partial charge in [-0.25, -0.2) is 9.97 Å². The number of carbonyl (C=O) groups is 1. The molecule has 1 aliphatic rings. The Kier molecular flexibility index (Phi) is 4.85. The molecule has 4 aromatic rings. The van der Waals surface area contributed by atoms with Crippen LogP contribution in [0.3, 0.4) is 0 Å². The quantitative estimate of drug-likeness (QED) is 0.552. The van der Waals surface area contributed by atoms with Crippen LogP contribution < -0.4 is 10.2 Å². The lowest BCUT2D eigenvalue weighted by Gasteiger charge is -2.25. The van der Waals surface area contributed by atoms with Crippen LogP contribution in [0, 0.1) is 0 Å². The molecular weight excluding hydrogens is 378 g/mol. The van der Waals surface area contributed by atoms with Crippen LogP contribution >= 0.6 is 0 Å². The van der Waals surface area contributed by atoms with Gasteiger partial charge in [0.2, 0.25) is 5.91 Å². The van der Waals surface area contributed by atoms with Crippen molar-refractivity contribution in [2.75, 3.05) is 11.4 Å². The van der Waals surface area contributed by atoms with E-state index in [1.165, 1.54) is 0 Å². The molecule has 1 saturated heterocycles. The Morgan fingerprint density at radius 1 is 1.10 bits per heavy atom. The van der Waals surface area contributed by atoms with E-state index in [4.69, 9.17) is 4.52 Å². The minimum absolute atomic E-state index is 0.0344. The third-order valence-corrected chi connectivity index (χ3v) is 5.41. The van der Waals surface area contributed by atoms with E-state index in [9.17, 15) is 4.79 Å². The number of hydrogen-bond donors (Lipinski definition) is 1. The first-order valence-corrected chi connectivity index (χ1v) is 10.0. The van der Waals surface area contributed by atoms with Crippen molar-refractivity contribution in [3.63, 3.8) is 0 Å². The van der Waals surface area contributed by atoms with Gasteiger partial charge in [0.25, 0.3) is 0 Å². The fourth-order valence-electron chi connectivity index (χ4n) is 3.95. The zero-order chi connectivity index (χ0) is 20.3. The maximum atomic E-state index is 13.0. The van der Waals surface area contributed by atoms with Gasteiger partial charge in [-0.15, -0.1) is 0 Å². The van der Waals surface area contributed by atoms with Crippen LogP contribution in [0.2, 0.25) is 0 Å². The molecule has 1 N–H and O–H groups in total. The van der Waals surface area contributed by atoms with E-state index in [0.29, 0.717) is 12.3 Å². The summed E-state index contributed by atoms with van der Waals surface area (Å²) in [5, 5.41) is 8.06. The summed E-state index contributed by atoms with van der Waals surface area (Å²) in [5.41, 5.74) is 2.62. The fourth-order valence-corrected chi connectivity index (χ4v) is 3.95. The van der Waals surface area contributed by atoms with Gasteiger partial charge in [0.1, 0.15) is 23.9 Å². The van der Waals surface area contributed by atoms with Gasteiger partial charge in [-0.05, 0) is 25.0 Å². The zero-order valence-electron chi connectivity index (χ0n) is 16.4. The summed E-state index contributed by atoms with van der Waals surface area (Å²) < 4.78 is 5.40. The van der Waals surface area contributed by atoms with Gasteiger partial charge in [-0.3, -0.25) is 4.79 Å². The van der Waals surface area contributed by atoms with Crippen molar-refractivity contribution >= 4 is 22.6 Å². The average molecular weight is 399 g/mol. The van der Waals surface area contributed by atoms with Gasteiger partial charge < -0.3 is 14.7 Å². The van der Waals surface area contributed by atoms with E-state index in [2.05, 4.69) is 25.3 Å². The SMILES string of the molecule is O=C(NCc1cc(-c2ccccc2)no1)[C@H]1CCCN1c1ncnc2ccccc12. The van der Waals surface area contributed by atoms with Gasteiger partial charge in [0, 0.05) is 23.6 Å². The van der Waals surface area contributed by atoms with E-state index in [1.54, 1.807) is 6.33 Å². The maximum absolute atomic E-state index is 13.0. The van der Waals surface area contributed by atoms with E-state index in [-0.39, 0.29) is 11.9 Å².